The summed E-state index contributed by atoms with van der Waals surface area (Å²) in [6.07, 6.45) is 6.00. The second kappa shape index (κ2) is 7.04. The lowest BCUT2D eigenvalue weighted by Gasteiger charge is -2.34. The van der Waals surface area contributed by atoms with Crippen molar-refractivity contribution in [2.24, 2.45) is 0 Å². The number of aromatic nitrogens is 1. The first-order valence-corrected chi connectivity index (χ1v) is 12.0. The highest BCUT2D eigenvalue weighted by molar-refractivity contribution is 7.19. The largest absolute Gasteiger partial charge is 0.242 e. The predicted molar refractivity (Wildman–Crippen MR) is 128 cm³/mol. The Labute approximate surface area is 187 Å². The van der Waals surface area contributed by atoms with Crippen LogP contribution in [0.15, 0.2) is 54.6 Å². The quantitative estimate of drug-likeness (QED) is 0.361. The normalized spacial score (nSPS) is 19.7. The van der Waals surface area contributed by atoms with Crippen LogP contribution in [0.25, 0.3) is 21.3 Å². The highest BCUT2D eigenvalue weighted by Crippen LogP contribution is 2.48. The van der Waals surface area contributed by atoms with Gasteiger partial charge in [-0.05, 0) is 73.3 Å². The molecule has 0 spiro atoms. The molecule has 152 valence electrons. The molecule has 0 saturated heterocycles. The third-order valence-electron chi connectivity index (χ3n) is 7.19. The van der Waals surface area contributed by atoms with Crippen molar-refractivity contribution in [3.8, 4) is 17.2 Å². The molecule has 0 saturated carbocycles. The van der Waals surface area contributed by atoms with E-state index in [1.807, 2.05) is 17.4 Å². The second-order valence-electron chi connectivity index (χ2n) is 9.05. The third-order valence-corrected chi connectivity index (χ3v) is 8.37. The molecule has 2 aromatic carbocycles. The molecule has 0 N–H and O–H groups in total. The van der Waals surface area contributed by atoms with Crippen LogP contribution in [0.1, 0.15) is 45.7 Å². The fourth-order valence-corrected chi connectivity index (χ4v) is 6.82. The maximum absolute atomic E-state index is 10.4. The summed E-state index contributed by atoms with van der Waals surface area (Å²) in [5, 5.41) is 11.7. The molecule has 1 unspecified atom stereocenters. The van der Waals surface area contributed by atoms with Gasteiger partial charge in [0.25, 0.3) is 0 Å². The van der Waals surface area contributed by atoms with E-state index in [4.69, 9.17) is 4.98 Å². The van der Waals surface area contributed by atoms with E-state index in [1.54, 1.807) is 0 Å². The van der Waals surface area contributed by atoms with Crippen molar-refractivity contribution in [2.45, 2.75) is 50.9 Å². The molecule has 2 aromatic heterocycles. The molecule has 6 rings (SSSR count). The average Bonchev–Trinajstić information content (AvgIpc) is 3.40. The Kier molecular flexibility index (Phi) is 4.26. The Morgan fingerprint density at radius 2 is 1.77 bits per heavy atom. The van der Waals surface area contributed by atoms with Crippen molar-refractivity contribution in [1.82, 2.24) is 4.98 Å². The molecule has 2 aliphatic carbocycles. The molecule has 2 heterocycles. The second-order valence-corrected chi connectivity index (χ2v) is 10.1. The molecule has 0 bridgehead atoms. The number of fused-ring (bicyclic) bond motifs is 4. The Balaban J connectivity index is 1.64. The van der Waals surface area contributed by atoms with Crippen LogP contribution in [0.5, 0.6) is 0 Å². The average molecular weight is 421 g/mol. The molecule has 0 amide bonds. The first kappa shape index (κ1) is 18.8. The maximum atomic E-state index is 10.4. The number of nitriles is 1. The standard InChI is InChI=1S/C28H24N2S/c1-18-10-12-19(13-11-18)25-22-16-28(17-29,20-6-3-2-4-7-20)15-14-23(22)30-27-26(25)21-8-5-9-24(21)31-27/h2-4,6-7,10-13H,5,8-9,14-16H2,1H3. The lowest BCUT2D eigenvalue weighted by molar-refractivity contribution is 0.468. The molecule has 3 heteroatoms. The Hall–Kier alpha value is -2.96. The summed E-state index contributed by atoms with van der Waals surface area (Å²) in [6.45, 7) is 2.14. The monoisotopic (exact) mass is 420 g/mol. The van der Waals surface area contributed by atoms with E-state index >= 15 is 0 Å². The van der Waals surface area contributed by atoms with Crippen LogP contribution in [0.4, 0.5) is 0 Å². The first-order valence-electron chi connectivity index (χ1n) is 11.2. The van der Waals surface area contributed by atoms with Crippen LogP contribution >= 0.6 is 11.3 Å². The minimum Gasteiger partial charge on any atom is -0.242 e. The minimum atomic E-state index is -0.484. The summed E-state index contributed by atoms with van der Waals surface area (Å²) in [7, 11) is 0. The van der Waals surface area contributed by atoms with Gasteiger partial charge >= 0.3 is 0 Å². The van der Waals surface area contributed by atoms with Crippen LogP contribution < -0.4 is 0 Å². The summed E-state index contributed by atoms with van der Waals surface area (Å²) < 4.78 is 0. The number of hydrogen-bond donors (Lipinski definition) is 0. The van der Waals surface area contributed by atoms with E-state index in [9.17, 15) is 5.26 Å². The molecular formula is C28H24N2S. The van der Waals surface area contributed by atoms with Crippen molar-refractivity contribution in [1.29, 1.82) is 5.26 Å². The molecule has 0 radical (unpaired) electrons. The molecule has 2 aliphatic rings. The van der Waals surface area contributed by atoms with Gasteiger partial charge in [0.05, 0.1) is 11.5 Å². The van der Waals surface area contributed by atoms with Gasteiger partial charge in [0.1, 0.15) is 4.83 Å². The Morgan fingerprint density at radius 3 is 2.55 bits per heavy atom. The number of pyridine rings is 1. The van der Waals surface area contributed by atoms with E-state index in [-0.39, 0.29) is 0 Å². The van der Waals surface area contributed by atoms with Crippen molar-refractivity contribution >= 4 is 21.6 Å². The third kappa shape index (κ3) is 2.86. The highest BCUT2D eigenvalue weighted by Gasteiger charge is 2.39. The summed E-state index contributed by atoms with van der Waals surface area (Å²) in [5.41, 5.74) is 8.53. The number of aryl methyl sites for hydroxylation is 4. The molecule has 4 aromatic rings. The molecule has 0 aliphatic heterocycles. The minimum absolute atomic E-state index is 0.484. The van der Waals surface area contributed by atoms with Crippen LogP contribution in [0, 0.1) is 18.3 Å². The molecule has 2 nitrogen and oxygen atoms in total. The van der Waals surface area contributed by atoms with Crippen LogP contribution in [-0.2, 0) is 31.1 Å². The predicted octanol–water partition coefficient (Wildman–Crippen LogP) is 6.71. The topological polar surface area (TPSA) is 36.7 Å². The lowest BCUT2D eigenvalue weighted by atomic mass is 9.68. The maximum Gasteiger partial charge on any atom is 0.124 e. The van der Waals surface area contributed by atoms with Crippen LogP contribution in [0.2, 0.25) is 0 Å². The van der Waals surface area contributed by atoms with Gasteiger partial charge in [0, 0.05) is 16.0 Å². The van der Waals surface area contributed by atoms with Gasteiger partial charge in [-0.2, -0.15) is 5.26 Å². The fraction of sp³-hybridized carbons (Fsp3) is 0.286. The van der Waals surface area contributed by atoms with Gasteiger partial charge in [0.2, 0.25) is 0 Å². The van der Waals surface area contributed by atoms with Crippen molar-refractivity contribution in [3.63, 3.8) is 0 Å². The van der Waals surface area contributed by atoms with Crippen LogP contribution in [-0.4, -0.2) is 4.98 Å². The number of benzene rings is 2. The Bertz CT molecular complexity index is 1340. The van der Waals surface area contributed by atoms with E-state index < -0.39 is 5.41 Å². The number of nitrogens with zero attached hydrogens (tertiary/aromatic N) is 2. The summed E-state index contributed by atoms with van der Waals surface area (Å²) in [4.78, 5) is 7.90. The summed E-state index contributed by atoms with van der Waals surface area (Å²) in [5.74, 6) is 0. The van der Waals surface area contributed by atoms with E-state index in [0.717, 1.165) is 31.2 Å². The smallest absolute Gasteiger partial charge is 0.124 e. The molecule has 0 fully saturated rings. The Morgan fingerprint density at radius 1 is 0.968 bits per heavy atom. The number of rotatable bonds is 2. The van der Waals surface area contributed by atoms with Gasteiger partial charge in [-0.25, -0.2) is 4.98 Å². The zero-order valence-electron chi connectivity index (χ0n) is 17.7. The SMILES string of the molecule is Cc1ccc(-c2c3c(nc4sc5c(c24)CCC5)CCC(C#N)(c2ccccc2)C3)cc1. The van der Waals surface area contributed by atoms with Crippen LogP contribution in [0.3, 0.4) is 0 Å². The molecular weight excluding hydrogens is 396 g/mol. The van der Waals surface area contributed by atoms with Gasteiger partial charge in [-0.1, -0.05) is 60.2 Å². The zero-order chi connectivity index (χ0) is 21.0. The van der Waals surface area contributed by atoms with Crippen molar-refractivity contribution in [2.75, 3.05) is 0 Å². The molecule has 31 heavy (non-hydrogen) atoms. The van der Waals surface area contributed by atoms with Crippen molar-refractivity contribution in [3.05, 3.63) is 87.4 Å². The van der Waals surface area contributed by atoms with Gasteiger partial charge < -0.3 is 0 Å². The highest BCUT2D eigenvalue weighted by atomic mass is 32.1. The van der Waals surface area contributed by atoms with Gasteiger partial charge in [-0.3, -0.25) is 0 Å². The van der Waals surface area contributed by atoms with Gasteiger partial charge in [-0.15, -0.1) is 11.3 Å². The lowest BCUT2D eigenvalue weighted by Crippen LogP contribution is -2.32. The fourth-order valence-electron chi connectivity index (χ4n) is 5.53. The van der Waals surface area contributed by atoms with Gasteiger partial charge in [0.15, 0.2) is 0 Å². The summed E-state index contributed by atoms with van der Waals surface area (Å²) >= 11 is 1.90. The van der Waals surface area contributed by atoms with E-state index in [1.165, 1.54) is 61.4 Å². The van der Waals surface area contributed by atoms with Crippen molar-refractivity contribution < 1.29 is 0 Å². The summed E-state index contributed by atoms with van der Waals surface area (Å²) in [6, 6.07) is 22.0. The number of hydrogen-bond acceptors (Lipinski definition) is 3. The molecule has 1 atom stereocenters. The number of thiophene rings is 1. The zero-order valence-corrected chi connectivity index (χ0v) is 18.6. The first-order chi connectivity index (χ1) is 15.2. The van der Waals surface area contributed by atoms with E-state index in [2.05, 4.69) is 61.5 Å². The van der Waals surface area contributed by atoms with E-state index in [0.29, 0.717) is 0 Å².